The molecule has 2 saturated carbocycles. The fourth-order valence-corrected chi connectivity index (χ4v) is 4.17. The lowest BCUT2D eigenvalue weighted by Crippen LogP contribution is -2.49. The number of aliphatic hydroxyl groups excluding tert-OH is 1. The molecule has 3 nitrogen and oxygen atoms in total. The molecular weight excluding hydrogens is 236 g/mol. The van der Waals surface area contributed by atoms with Crippen LogP contribution in [-0.2, 0) is 0 Å². The van der Waals surface area contributed by atoms with Crippen LogP contribution >= 0.6 is 0 Å². The van der Waals surface area contributed by atoms with Crippen molar-refractivity contribution in [2.45, 2.75) is 75.9 Å². The number of nitrogens with one attached hydrogen (secondary N) is 1. The Morgan fingerprint density at radius 1 is 1.26 bits per heavy atom. The minimum absolute atomic E-state index is 0.0000934. The summed E-state index contributed by atoms with van der Waals surface area (Å²) < 4.78 is 0. The van der Waals surface area contributed by atoms with Crippen molar-refractivity contribution in [3.8, 4) is 0 Å². The molecular formula is C16H30N2O. The van der Waals surface area contributed by atoms with E-state index in [1.165, 1.54) is 51.6 Å². The first-order valence-electron chi connectivity index (χ1n) is 8.37. The van der Waals surface area contributed by atoms with E-state index in [-0.39, 0.29) is 5.54 Å². The number of hydrogen-bond donors (Lipinski definition) is 2. The second kappa shape index (κ2) is 5.71. The highest BCUT2D eigenvalue weighted by Gasteiger charge is 2.38. The average molecular weight is 266 g/mol. The third-order valence-electron chi connectivity index (χ3n) is 5.69. The Morgan fingerprint density at radius 3 is 2.63 bits per heavy atom. The molecule has 0 spiro atoms. The molecule has 0 aromatic rings. The first-order valence-corrected chi connectivity index (χ1v) is 8.37. The highest BCUT2D eigenvalue weighted by atomic mass is 16.3. The first-order chi connectivity index (χ1) is 9.24. The van der Waals surface area contributed by atoms with Gasteiger partial charge in [0.05, 0.1) is 6.61 Å². The molecule has 2 bridgehead atoms. The molecule has 3 fully saturated rings. The van der Waals surface area contributed by atoms with Gasteiger partial charge < -0.3 is 15.3 Å². The van der Waals surface area contributed by atoms with Crippen LogP contribution in [0, 0.1) is 5.92 Å². The molecule has 3 rings (SSSR count). The van der Waals surface area contributed by atoms with Gasteiger partial charge in [-0.2, -0.15) is 0 Å². The van der Waals surface area contributed by atoms with Crippen molar-refractivity contribution in [1.82, 2.24) is 10.2 Å². The summed E-state index contributed by atoms with van der Waals surface area (Å²) in [4.78, 5) is 2.71. The third-order valence-corrected chi connectivity index (χ3v) is 5.69. The van der Waals surface area contributed by atoms with E-state index in [2.05, 4.69) is 17.1 Å². The Balaban J connectivity index is 1.44. The number of likely N-dealkylation sites (tertiary alicyclic amines) is 1. The van der Waals surface area contributed by atoms with Crippen LogP contribution < -0.4 is 5.32 Å². The van der Waals surface area contributed by atoms with E-state index in [0.717, 1.165) is 24.8 Å². The quantitative estimate of drug-likeness (QED) is 0.706. The molecule has 3 heteroatoms. The van der Waals surface area contributed by atoms with E-state index in [1.54, 1.807) is 0 Å². The Hall–Kier alpha value is -0.120. The fourth-order valence-electron chi connectivity index (χ4n) is 4.17. The topological polar surface area (TPSA) is 35.5 Å². The molecule has 1 heterocycles. The molecule has 0 aromatic carbocycles. The molecule has 1 saturated heterocycles. The minimum Gasteiger partial charge on any atom is -0.394 e. The number of nitrogens with zero attached hydrogens (tertiary/aromatic N) is 1. The summed E-state index contributed by atoms with van der Waals surface area (Å²) >= 11 is 0. The Bertz CT molecular complexity index is 299. The van der Waals surface area contributed by atoms with Gasteiger partial charge in [0.25, 0.3) is 0 Å². The van der Waals surface area contributed by atoms with Crippen LogP contribution in [0.1, 0.15) is 58.3 Å². The lowest BCUT2D eigenvalue weighted by molar-refractivity contribution is 0.132. The Morgan fingerprint density at radius 2 is 2.11 bits per heavy atom. The highest BCUT2D eigenvalue weighted by molar-refractivity contribution is 4.96. The maximum atomic E-state index is 9.77. The fraction of sp³-hybridized carbons (Fsp3) is 1.00. The second-order valence-electron chi connectivity index (χ2n) is 7.14. The molecule has 1 aliphatic heterocycles. The van der Waals surface area contributed by atoms with Crippen molar-refractivity contribution < 1.29 is 5.11 Å². The Labute approximate surface area is 117 Å². The number of piperidine rings is 1. The van der Waals surface area contributed by atoms with Crippen molar-refractivity contribution in [3.05, 3.63) is 0 Å². The summed E-state index contributed by atoms with van der Waals surface area (Å²) in [6.07, 6.45) is 10.4. The lowest BCUT2D eigenvalue weighted by Gasteiger charge is -2.34. The number of hydrogen-bond acceptors (Lipinski definition) is 3. The van der Waals surface area contributed by atoms with Crippen molar-refractivity contribution in [2.75, 3.05) is 19.7 Å². The Kier molecular flexibility index (Phi) is 4.16. The van der Waals surface area contributed by atoms with E-state index >= 15 is 0 Å². The van der Waals surface area contributed by atoms with Crippen LogP contribution in [0.3, 0.4) is 0 Å². The summed E-state index contributed by atoms with van der Waals surface area (Å²) in [6.45, 7) is 5.10. The zero-order valence-corrected chi connectivity index (χ0v) is 12.4. The van der Waals surface area contributed by atoms with Gasteiger partial charge in [-0.3, -0.25) is 0 Å². The summed E-state index contributed by atoms with van der Waals surface area (Å²) in [5.41, 5.74) is -0.0000934. The number of aliphatic hydroxyl groups is 1. The van der Waals surface area contributed by atoms with E-state index in [4.69, 9.17) is 0 Å². The van der Waals surface area contributed by atoms with Crippen molar-refractivity contribution in [1.29, 1.82) is 0 Å². The summed E-state index contributed by atoms with van der Waals surface area (Å²) in [5, 5.41) is 13.5. The number of fused-ring (bicyclic) bond motifs is 2. The van der Waals surface area contributed by atoms with Crippen LogP contribution in [0.5, 0.6) is 0 Å². The maximum absolute atomic E-state index is 9.77. The summed E-state index contributed by atoms with van der Waals surface area (Å²) in [5.74, 6) is 1.00. The van der Waals surface area contributed by atoms with Gasteiger partial charge in [0, 0.05) is 24.2 Å². The molecule has 19 heavy (non-hydrogen) atoms. The van der Waals surface area contributed by atoms with Gasteiger partial charge in [-0.1, -0.05) is 6.92 Å². The molecule has 0 amide bonds. The van der Waals surface area contributed by atoms with Gasteiger partial charge in [-0.25, -0.2) is 0 Å². The molecule has 3 atom stereocenters. The van der Waals surface area contributed by atoms with Gasteiger partial charge in [-0.15, -0.1) is 0 Å². The average Bonchev–Trinajstić information content (AvgIpc) is 2.99. The maximum Gasteiger partial charge on any atom is 0.0613 e. The molecule has 2 N–H and O–H groups in total. The molecule has 3 aliphatic rings. The zero-order chi connectivity index (χ0) is 13.3. The SMILES string of the molecule is CCC(CO)(CCCN1CC2CCC1C2)NC1CC1. The third kappa shape index (κ3) is 3.14. The standard InChI is InChI=1S/C16H30N2O/c1-2-16(12-19,17-14-5-6-14)8-3-9-18-11-13-4-7-15(18)10-13/h13-15,17,19H,2-12H2,1H3. The van der Waals surface area contributed by atoms with Crippen molar-refractivity contribution in [2.24, 2.45) is 5.92 Å². The monoisotopic (exact) mass is 266 g/mol. The largest absolute Gasteiger partial charge is 0.394 e. The van der Waals surface area contributed by atoms with Gasteiger partial charge in [0.2, 0.25) is 0 Å². The smallest absolute Gasteiger partial charge is 0.0613 e. The predicted molar refractivity (Wildman–Crippen MR) is 78.2 cm³/mol. The van der Waals surface area contributed by atoms with Crippen molar-refractivity contribution in [3.63, 3.8) is 0 Å². The minimum atomic E-state index is -0.0000934. The van der Waals surface area contributed by atoms with Gasteiger partial charge in [-0.05, 0) is 63.8 Å². The van der Waals surface area contributed by atoms with Crippen LogP contribution in [0.4, 0.5) is 0 Å². The molecule has 110 valence electrons. The van der Waals surface area contributed by atoms with Crippen molar-refractivity contribution >= 4 is 0 Å². The van der Waals surface area contributed by atoms with Gasteiger partial charge in [0.15, 0.2) is 0 Å². The predicted octanol–water partition coefficient (Wildman–Crippen LogP) is 2.14. The second-order valence-corrected chi connectivity index (χ2v) is 7.14. The van der Waals surface area contributed by atoms with E-state index in [0.29, 0.717) is 12.6 Å². The van der Waals surface area contributed by atoms with Gasteiger partial charge >= 0.3 is 0 Å². The van der Waals surface area contributed by atoms with E-state index < -0.39 is 0 Å². The van der Waals surface area contributed by atoms with Crippen LogP contribution in [0.2, 0.25) is 0 Å². The normalized spacial score (nSPS) is 33.8. The van der Waals surface area contributed by atoms with Crippen LogP contribution in [-0.4, -0.2) is 47.3 Å². The van der Waals surface area contributed by atoms with Gasteiger partial charge in [0.1, 0.15) is 0 Å². The number of rotatable bonds is 8. The molecule has 3 unspecified atom stereocenters. The highest BCUT2D eigenvalue weighted by Crippen LogP contribution is 2.37. The van der Waals surface area contributed by atoms with Crippen LogP contribution in [0.25, 0.3) is 0 Å². The first kappa shape index (κ1) is 13.8. The molecule has 2 aliphatic carbocycles. The summed E-state index contributed by atoms with van der Waals surface area (Å²) in [6, 6.07) is 1.58. The zero-order valence-electron chi connectivity index (χ0n) is 12.4. The van der Waals surface area contributed by atoms with E-state index in [9.17, 15) is 5.11 Å². The lowest BCUT2D eigenvalue weighted by atomic mass is 9.90. The molecule has 0 aromatic heterocycles. The summed E-state index contributed by atoms with van der Waals surface area (Å²) in [7, 11) is 0. The molecule has 0 radical (unpaired) electrons. The van der Waals surface area contributed by atoms with Crippen LogP contribution in [0.15, 0.2) is 0 Å². The van der Waals surface area contributed by atoms with E-state index in [1.807, 2.05) is 0 Å².